The maximum atomic E-state index is 14.0. The number of rotatable bonds is 5. The third-order valence-corrected chi connectivity index (χ3v) is 5.58. The molecule has 4 aromatic carbocycles. The van der Waals surface area contributed by atoms with Crippen LogP contribution in [-0.2, 0) is 0 Å². The first-order valence-electron chi connectivity index (χ1n) is 10.6. The van der Waals surface area contributed by atoms with E-state index in [0.29, 0.717) is 17.0 Å². The van der Waals surface area contributed by atoms with Crippen LogP contribution >= 0.6 is 0 Å². The molecule has 5 rings (SSSR count). The first kappa shape index (κ1) is 19.7. The molecule has 3 heteroatoms. The Hall–Kier alpha value is -4.24. The van der Waals surface area contributed by atoms with Crippen LogP contribution in [0.1, 0.15) is 21.6 Å². The summed E-state index contributed by atoms with van der Waals surface area (Å²) in [5.41, 5.74) is 5.64. The quantitative estimate of drug-likeness (QED) is 0.298. The topological polar surface area (TPSA) is 34.9 Å². The van der Waals surface area contributed by atoms with Crippen molar-refractivity contribution in [1.29, 1.82) is 0 Å². The number of aromatic nitrogens is 2. The second-order valence-electron chi connectivity index (χ2n) is 7.68. The SMILES string of the molecule is Cc1ccccc1C(=O)c1c(-c2ccccc2)nc(-c2ccccc2)n1-c1ccccc1. The lowest BCUT2D eigenvalue weighted by Gasteiger charge is -2.13. The van der Waals surface area contributed by atoms with Gasteiger partial charge in [-0.25, -0.2) is 4.98 Å². The van der Waals surface area contributed by atoms with E-state index >= 15 is 0 Å². The van der Waals surface area contributed by atoms with Crippen molar-refractivity contribution in [1.82, 2.24) is 9.55 Å². The number of para-hydroxylation sites is 1. The number of imidazole rings is 1. The van der Waals surface area contributed by atoms with E-state index in [0.717, 1.165) is 28.2 Å². The second kappa shape index (κ2) is 8.48. The Balaban J connectivity index is 1.87. The minimum absolute atomic E-state index is 0.0412. The largest absolute Gasteiger partial charge is 0.289 e. The summed E-state index contributed by atoms with van der Waals surface area (Å²) in [5, 5.41) is 0. The molecule has 1 heterocycles. The molecule has 0 radical (unpaired) electrons. The lowest BCUT2D eigenvalue weighted by atomic mass is 9.99. The summed E-state index contributed by atoms with van der Waals surface area (Å²) in [6.45, 7) is 1.97. The Morgan fingerprint density at radius 2 is 1.19 bits per heavy atom. The van der Waals surface area contributed by atoms with Gasteiger partial charge in [0.15, 0.2) is 0 Å². The number of carbonyl (C=O) groups excluding carboxylic acids is 1. The van der Waals surface area contributed by atoms with Gasteiger partial charge in [0, 0.05) is 22.4 Å². The first-order valence-corrected chi connectivity index (χ1v) is 10.6. The second-order valence-corrected chi connectivity index (χ2v) is 7.68. The summed E-state index contributed by atoms with van der Waals surface area (Å²) in [6.07, 6.45) is 0. The first-order chi connectivity index (χ1) is 15.7. The highest BCUT2D eigenvalue weighted by Crippen LogP contribution is 2.34. The zero-order valence-corrected chi connectivity index (χ0v) is 17.8. The third-order valence-electron chi connectivity index (χ3n) is 5.58. The van der Waals surface area contributed by atoms with E-state index in [2.05, 4.69) is 0 Å². The molecule has 0 saturated heterocycles. The minimum Gasteiger partial charge on any atom is -0.289 e. The maximum absolute atomic E-state index is 14.0. The Morgan fingerprint density at radius 3 is 1.81 bits per heavy atom. The number of carbonyl (C=O) groups is 1. The number of ketones is 1. The predicted molar refractivity (Wildman–Crippen MR) is 129 cm³/mol. The molecule has 1 aromatic heterocycles. The van der Waals surface area contributed by atoms with Crippen molar-refractivity contribution >= 4 is 5.78 Å². The zero-order valence-electron chi connectivity index (χ0n) is 17.8. The van der Waals surface area contributed by atoms with E-state index < -0.39 is 0 Å². The summed E-state index contributed by atoms with van der Waals surface area (Å²) in [4.78, 5) is 19.1. The molecule has 0 spiro atoms. The average molecular weight is 415 g/mol. The van der Waals surface area contributed by atoms with Crippen LogP contribution in [0.4, 0.5) is 0 Å². The normalized spacial score (nSPS) is 10.8. The molecule has 0 N–H and O–H groups in total. The van der Waals surface area contributed by atoms with Gasteiger partial charge in [0.1, 0.15) is 17.2 Å². The van der Waals surface area contributed by atoms with Crippen molar-refractivity contribution in [2.45, 2.75) is 6.92 Å². The molecule has 32 heavy (non-hydrogen) atoms. The molecule has 0 amide bonds. The van der Waals surface area contributed by atoms with Crippen LogP contribution in [0.15, 0.2) is 115 Å². The van der Waals surface area contributed by atoms with Gasteiger partial charge in [-0.1, -0.05) is 103 Å². The van der Waals surface area contributed by atoms with Gasteiger partial charge < -0.3 is 0 Å². The third kappa shape index (κ3) is 3.54. The Labute approximate surface area is 187 Å². The van der Waals surface area contributed by atoms with Crippen molar-refractivity contribution in [2.24, 2.45) is 0 Å². The van der Waals surface area contributed by atoms with Gasteiger partial charge in [-0.15, -0.1) is 0 Å². The molecule has 3 nitrogen and oxygen atoms in total. The molecule has 5 aromatic rings. The van der Waals surface area contributed by atoms with E-state index in [1.54, 1.807) is 0 Å². The lowest BCUT2D eigenvalue weighted by Crippen LogP contribution is -2.12. The van der Waals surface area contributed by atoms with E-state index in [1.807, 2.05) is 127 Å². The highest BCUT2D eigenvalue weighted by molar-refractivity contribution is 6.13. The smallest absolute Gasteiger partial charge is 0.212 e. The molecule has 0 bridgehead atoms. The van der Waals surface area contributed by atoms with E-state index in [-0.39, 0.29) is 5.78 Å². The molecule has 0 saturated carbocycles. The number of benzene rings is 4. The highest BCUT2D eigenvalue weighted by Gasteiger charge is 2.27. The van der Waals surface area contributed by atoms with Crippen LogP contribution in [0.3, 0.4) is 0 Å². The van der Waals surface area contributed by atoms with E-state index in [4.69, 9.17) is 4.98 Å². The molecule has 154 valence electrons. The fourth-order valence-electron chi connectivity index (χ4n) is 3.99. The van der Waals surface area contributed by atoms with Crippen molar-refractivity contribution in [3.8, 4) is 28.3 Å². The molecule has 0 aliphatic heterocycles. The summed E-state index contributed by atoms with van der Waals surface area (Å²) in [6, 6.07) is 37.6. The minimum atomic E-state index is -0.0412. The summed E-state index contributed by atoms with van der Waals surface area (Å²) in [5.74, 6) is 0.702. The molecule has 0 aliphatic carbocycles. The van der Waals surface area contributed by atoms with Gasteiger partial charge in [-0.05, 0) is 24.6 Å². The fourth-order valence-corrected chi connectivity index (χ4v) is 3.99. The van der Waals surface area contributed by atoms with Gasteiger partial charge in [-0.3, -0.25) is 9.36 Å². The van der Waals surface area contributed by atoms with Crippen LogP contribution in [0, 0.1) is 6.92 Å². The van der Waals surface area contributed by atoms with Crippen LogP contribution in [-0.4, -0.2) is 15.3 Å². The number of aryl methyl sites for hydroxylation is 1. The fraction of sp³-hybridized carbons (Fsp3) is 0.0345. The Morgan fingerprint density at radius 1 is 0.656 bits per heavy atom. The van der Waals surface area contributed by atoms with Gasteiger partial charge >= 0.3 is 0 Å². The number of nitrogens with zero attached hydrogens (tertiary/aromatic N) is 2. The summed E-state index contributed by atoms with van der Waals surface area (Å²) in [7, 11) is 0. The molecule has 0 unspecified atom stereocenters. The summed E-state index contributed by atoms with van der Waals surface area (Å²) < 4.78 is 1.99. The Bertz CT molecular complexity index is 1370. The standard InChI is InChI=1S/C29H22N2O/c1-21-13-11-12-20-25(21)28(32)27-26(22-14-5-2-6-15-22)30-29(23-16-7-3-8-17-23)31(27)24-18-9-4-10-19-24/h2-20H,1H3. The van der Waals surface area contributed by atoms with Gasteiger partial charge in [-0.2, -0.15) is 0 Å². The van der Waals surface area contributed by atoms with Gasteiger partial charge in [0.05, 0.1) is 0 Å². The van der Waals surface area contributed by atoms with Gasteiger partial charge in [0.2, 0.25) is 5.78 Å². The highest BCUT2D eigenvalue weighted by atomic mass is 16.1. The van der Waals surface area contributed by atoms with Crippen molar-refractivity contribution in [3.05, 3.63) is 132 Å². The van der Waals surface area contributed by atoms with E-state index in [1.165, 1.54) is 0 Å². The van der Waals surface area contributed by atoms with Gasteiger partial charge in [0.25, 0.3) is 0 Å². The van der Waals surface area contributed by atoms with Crippen LogP contribution in [0.25, 0.3) is 28.3 Å². The predicted octanol–water partition coefficient (Wildman–Crippen LogP) is 6.75. The molecule has 0 aliphatic rings. The molecule has 0 fully saturated rings. The lowest BCUT2D eigenvalue weighted by molar-refractivity contribution is 0.103. The molecular weight excluding hydrogens is 392 g/mol. The monoisotopic (exact) mass is 414 g/mol. The van der Waals surface area contributed by atoms with Crippen LogP contribution in [0.5, 0.6) is 0 Å². The average Bonchev–Trinajstić information content (AvgIpc) is 3.26. The Kier molecular flexibility index (Phi) is 5.22. The molecule has 0 atom stereocenters. The van der Waals surface area contributed by atoms with Crippen LogP contribution in [0.2, 0.25) is 0 Å². The molecular formula is C29H22N2O. The van der Waals surface area contributed by atoms with E-state index in [9.17, 15) is 4.79 Å². The van der Waals surface area contributed by atoms with Crippen molar-refractivity contribution in [2.75, 3.05) is 0 Å². The summed E-state index contributed by atoms with van der Waals surface area (Å²) >= 11 is 0. The number of hydrogen-bond donors (Lipinski definition) is 0. The zero-order chi connectivity index (χ0) is 21.9. The van der Waals surface area contributed by atoms with Crippen molar-refractivity contribution < 1.29 is 4.79 Å². The maximum Gasteiger partial charge on any atom is 0.212 e. The van der Waals surface area contributed by atoms with Crippen molar-refractivity contribution in [3.63, 3.8) is 0 Å². The number of hydrogen-bond acceptors (Lipinski definition) is 2. The van der Waals surface area contributed by atoms with Crippen LogP contribution < -0.4 is 0 Å².